The van der Waals surface area contributed by atoms with Gasteiger partial charge in [0.2, 0.25) is 0 Å². The molecule has 0 aliphatic rings. The number of rotatable bonds is 3. The molecule has 0 aliphatic heterocycles. The Morgan fingerprint density at radius 1 is 0.226 bits per heavy atom. The van der Waals surface area contributed by atoms with Crippen LogP contribution >= 0.6 is 0 Å². The van der Waals surface area contributed by atoms with Gasteiger partial charge in [0.05, 0.1) is 11.4 Å². The summed E-state index contributed by atoms with van der Waals surface area (Å²) in [5.74, 6) is 0. The molecule has 0 spiro atoms. The molecule has 12 rings (SSSR count). The van der Waals surface area contributed by atoms with Crippen molar-refractivity contribution in [3.8, 4) is 0 Å². The molecule has 1 heteroatoms. The lowest BCUT2D eigenvalue weighted by Gasteiger charge is -2.29. The molecule has 0 saturated carbocycles. The third-order valence-electron chi connectivity index (χ3n) is 11.7. The van der Waals surface area contributed by atoms with Crippen LogP contribution in [0.15, 0.2) is 188 Å². The standard InChI is InChI=1S/C52H31N/c1-4-18-40-32(11-1)13-10-24-47(40)53(48-30-36-12-2-3-17-39(36)41-19-5-6-20-42(41)48)38-29-37-28-27-35-15-8-22-44-43-21-7-14-33-25-26-34-16-9-23-45(51(34)49(33)43)46(31-38)52(37)50(35)44/h1-31H. The van der Waals surface area contributed by atoms with Crippen LogP contribution in [0.2, 0.25) is 0 Å². The first-order valence-electron chi connectivity index (χ1n) is 18.4. The minimum absolute atomic E-state index is 1.14. The van der Waals surface area contributed by atoms with Crippen LogP contribution in [0, 0.1) is 0 Å². The molecule has 0 aromatic heterocycles. The molecule has 0 fully saturated rings. The second kappa shape index (κ2) is 10.8. The molecule has 0 N–H and O–H groups in total. The normalized spacial score (nSPS) is 12.2. The van der Waals surface area contributed by atoms with Crippen molar-refractivity contribution in [1.82, 2.24) is 0 Å². The maximum atomic E-state index is 2.52. The van der Waals surface area contributed by atoms with Crippen molar-refractivity contribution in [1.29, 1.82) is 0 Å². The van der Waals surface area contributed by atoms with E-state index in [1.54, 1.807) is 0 Å². The van der Waals surface area contributed by atoms with E-state index < -0.39 is 0 Å². The van der Waals surface area contributed by atoms with Gasteiger partial charge < -0.3 is 4.90 Å². The van der Waals surface area contributed by atoms with Crippen molar-refractivity contribution >= 4 is 114 Å². The van der Waals surface area contributed by atoms with Gasteiger partial charge in [0.25, 0.3) is 0 Å². The summed E-state index contributed by atoms with van der Waals surface area (Å²) in [6.07, 6.45) is 0. The first-order chi connectivity index (χ1) is 26.3. The highest BCUT2D eigenvalue weighted by molar-refractivity contribution is 6.37. The molecule has 12 aromatic carbocycles. The van der Waals surface area contributed by atoms with E-state index in [0.29, 0.717) is 0 Å². The lowest BCUT2D eigenvalue weighted by Crippen LogP contribution is -2.11. The SMILES string of the molecule is c1ccc2c(N(c3cc4ccc5cccc6c7cccc8ccc9cccc(c(c3)c4c56)c9c87)c3cc4ccccc4c4ccccc34)cccc2c1. The first kappa shape index (κ1) is 28.7. The van der Waals surface area contributed by atoms with Crippen LogP contribution in [0.3, 0.4) is 0 Å². The molecule has 0 aliphatic carbocycles. The van der Waals surface area contributed by atoms with Crippen LogP contribution in [-0.2, 0) is 0 Å². The molecule has 1 nitrogen and oxygen atoms in total. The number of anilines is 3. The fraction of sp³-hybridized carbons (Fsp3) is 0. The summed E-state index contributed by atoms with van der Waals surface area (Å²) in [7, 11) is 0. The number of fused-ring (bicyclic) bond motifs is 6. The number of hydrogen-bond donors (Lipinski definition) is 0. The Balaban J connectivity index is 1.32. The van der Waals surface area contributed by atoms with Gasteiger partial charge in [-0.2, -0.15) is 0 Å². The Morgan fingerprint density at radius 3 is 1.36 bits per heavy atom. The van der Waals surface area contributed by atoms with Gasteiger partial charge in [-0.3, -0.25) is 0 Å². The van der Waals surface area contributed by atoms with Crippen LogP contribution in [0.5, 0.6) is 0 Å². The summed E-state index contributed by atoms with van der Waals surface area (Å²) in [6.45, 7) is 0. The predicted octanol–water partition coefficient (Wildman–Crippen LogP) is 15.0. The molecule has 0 amide bonds. The summed E-state index contributed by atoms with van der Waals surface area (Å²) in [5.41, 5.74) is 3.47. The summed E-state index contributed by atoms with van der Waals surface area (Å²) in [6, 6.07) is 70.2. The number of benzene rings is 11. The molecule has 0 radical (unpaired) electrons. The van der Waals surface area contributed by atoms with Gasteiger partial charge in [0, 0.05) is 16.5 Å². The third-order valence-corrected chi connectivity index (χ3v) is 11.7. The summed E-state index contributed by atoms with van der Waals surface area (Å²) >= 11 is 0. The molecular formula is C52H31N. The summed E-state index contributed by atoms with van der Waals surface area (Å²) < 4.78 is 0. The molecular weight excluding hydrogens is 639 g/mol. The fourth-order valence-corrected chi connectivity index (χ4v) is 9.43. The predicted molar refractivity (Wildman–Crippen MR) is 230 cm³/mol. The van der Waals surface area contributed by atoms with Crippen LogP contribution in [-0.4, -0.2) is 0 Å². The lowest BCUT2D eigenvalue weighted by atomic mass is 9.87. The van der Waals surface area contributed by atoms with E-state index in [2.05, 4.69) is 193 Å². The zero-order valence-corrected chi connectivity index (χ0v) is 28.8. The van der Waals surface area contributed by atoms with Crippen LogP contribution in [0.1, 0.15) is 0 Å². The van der Waals surface area contributed by atoms with Crippen LogP contribution in [0.4, 0.5) is 17.1 Å². The van der Waals surface area contributed by atoms with Crippen LogP contribution < -0.4 is 4.90 Å². The zero-order chi connectivity index (χ0) is 34.6. The highest BCUT2D eigenvalue weighted by Crippen LogP contribution is 2.48. The number of nitrogens with zero attached hydrogens (tertiary/aromatic N) is 1. The molecule has 0 atom stereocenters. The third kappa shape index (κ3) is 4.02. The molecule has 12 aromatic rings. The number of hydrogen-bond acceptors (Lipinski definition) is 1. The average Bonchev–Trinajstić information content (AvgIpc) is 3.22. The van der Waals surface area contributed by atoms with Crippen molar-refractivity contribution in [3.05, 3.63) is 188 Å². The molecule has 0 heterocycles. The monoisotopic (exact) mass is 669 g/mol. The average molecular weight is 670 g/mol. The zero-order valence-electron chi connectivity index (χ0n) is 28.8. The van der Waals surface area contributed by atoms with Crippen LogP contribution in [0.25, 0.3) is 97.0 Å². The Bertz CT molecular complexity index is 3450. The summed E-state index contributed by atoms with van der Waals surface area (Å²) in [5, 5.41) is 22.8. The quantitative estimate of drug-likeness (QED) is 0.169. The maximum absolute atomic E-state index is 2.52. The van der Waals surface area contributed by atoms with E-state index in [9.17, 15) is 0 Å². The summed E-state index contributed by atoms with van der Waals surface area (Å²) in [4.78, 5) is 2.52. The smallest absolute Gasteiger partial charge is 0.0546 e. The van der Waals surface area contributed by atoms with Crippen molar-refractivity contribution in [2.24, 2.45) is 0 Å². The molecule has 0 unspecified atom stereocenters. The van der Waals surface area contributed by atoms with E-state index in [1.807, 2.05) is 0 Å². The van der Waals surface area contributed by atoms with Crippen molar-refractivity contribution in [2.45, 2.75) is 0 Å². The lowest BCUT2D eigenvalue weighted by molar-refractivity contribution is 1.33. The van der Waals surface area contributed by atoms with Gasteiger partial charge >= 0.3 is 0 Å². The Hall–Kier alpha value is -6.96. The van der Waals surface area contributed by atoms with E-state index in [1.165, 1.54) is 103 Å². The van der Waals surface area contributed by atoms with E-state index >= 15 is 0 Å². The highest BCUT2D eigenvalue weighted by Gasteiger charge is 2.22. The van der Waals surface area contributed by atoms with Gasteiger partial charge in [-0.15, -0.1) is 0 Å². The second-order valence-electron chi connectivity index (χ2n) is 14.4. The van der Waals surface area contributed by atoms with Gasteiger partial charge in [-0.05, 0) is 110 Å². The Kier molecular flexibility index (Phi) is 5.84. The van der Waals surface area contributed by atoms with Gasteiger partial charge in [0.15, 0.2) is 0 Å². The van der Waals surface area contributed by atoms with Gasteiger partial charge in [-0.25, -0.2) is 0 Å². The van der Waals surface area contributed by atoms with E-state index in [4.69, 9.17) is 0 Å². The van der Waals surface area contributed by atoms with E-state index in [0.717, 1.165) is 11.4 Å². The highest BCUT2D eigenvalue weighted by atomic mass is 15.1. The first-order valence-corrected chi connectivity index (χ1v) is 18.4. The topological polar surface area (TPSA) is 3.24 Å². The van der Waals surface area contributed by atoms with Gasteiger partial charge in [0.1, 0.15) is 0 Å². The molecule has 244 valence electrons. The van der Waals surface area contributed by atoms with Crippen molar-refractivity contribution in [3.63, 3.8) is 0 Å². The van der Waals surface area contributed by atoms with Crippen molar-refractivity contribution in [2.75, 3.05) is 4.90 Å². The van der Waals surface area contributed by atoms with Crippen molar-refractivity contribution < 1.29 is 0 Å². The van der Waals surface area contributed by atoms with E-state index in [-0.39, 0.29) is 0 Å². The molecule has 0 bridgehead atoms. The molecule has 0 saturated heterocycles. The second-order valence-corrected chi connectivity index (χ2v) is 14.4. The van der Waals surface area contributed by atoms with Gasteiger partial charge in [-0.1, -0.05) is 164 Å². The Morgan fingerprint density at radius 2 is 0.679 bits per heavy atom. The minimum Gasteiger partial charge on any atom is -0.309 e. The maximum Gasteiger partial charge on any atom is 0.0546 e. The largest absolute Gasteiger partial charge is 0.309 e. The minimum atomic E-state index is 1.14. The fourth-order valence-electron chi connectivity index (χ4n) is 9.43. The molecule has 53 heavy (non-hydrogen) atoms. The Labute approximate surface area is 305 Å².